The van der Waals surface area contributed by atoms with Gasteiger partial charge in [0.1, 0.15) is 17.4 Å². The number of amides is 1. The van der Waals surface area contributed by atoms with Gasteiger partial charge in [-0.25, -0.2) is 4.79 Å². The lowest BCUT2D eigenvalue weighted by Gasteiger charge is -2.24. The first-order valence-corrected chi connectivity index (χ1v) is 7.49. The molecule has 1 aliphatic heterocycles. The van der Waals surface area contributed by atoms with Crippen molar-refractivity contribution in [2.75, 3.05) is 19.7 Å². The van der Waals surface area contributed by atoms with Gasteiger partial charge in [0.15, 0.2) is 0 Å². The van der Waals surface area contributed by atoms with E-state index >= 15 is 0 Å². The number of hydrogen-bond acceptors (Lipinski definition) is 4. The fourth-order valence-electron chi connectivity index (χ4n) is 2.35. The van der Waals surface area contributed by atoms with E-state index in [-0.39, 0.29) is 12.0 Å². The highest BCUT2D eigenvalue weighted by molar-refractivity contribution is 5.68. The van der Waals surface area contributed by atoms with Crippen LogP contribution in [0.25, 0.3) is 0 Å². The molecule has 1 aromatic rings. The Morgan fingerprint density at radius 3 is 2.82 bits per heavy atom. The lowest BCUT2D eigenvalue weighted by Crippen LogP contribution is -2.35. The molecule has 0 bridgehead atoms. The molecule has 1 fully saturated rings. The van der Waals surface area contributed by atoms with Crippen molar-refractivity contribution >= 4 is 6.09 Å². The predicted molar refractivity (Wildman–Crippen MR) is 82.6 cm³/mol. The molecule has 1 unspecified atom stereocenters. The Morgan fingerprint density at radius 2 is 2.14 bits per heavy atom. The number of ether oxygens (including phenoxy) is 2. The third-order valence-corrected chi connectivity index (χ3v) is 3.42. The summed E-state index contributed by atoms with van der Waals surface area (Å²) in [5, 5.41) is 9.03. The van der Waals surface area contributed by atoms with Crippen molar-refractivity contribution in [3.63, 3.8) is 0 Å². The smallest absolute Gasteiger partial charge is 0.410 e. The van der Waals surface area contributed by atoms with Gasteiger partial charge in [0.25, 0.3) is 0 Å². The molecule has 1 amide bonds. The zero-order valence-corrected chi connectivity index (χ0v) is 13.3. The van der Waals surface area contributed by atoms with Crippen molar-refractivity contribution < 1.29 is 14.3 Å². The number of rotatable bonds is 3. The second-order valence-corrected chi connectivity index (χ2v) is 6.50. The molecular formula is C17H22N2O3. The van der Waals surface area contributed by atoms with Crippen LogP contribution in [0.2, 0.25) is 0 Å². The molecule has 1 saturated heterocycles. The number of carbonyl (C=O) groups excluding carboxylic acids is 1. The molecule has 0 radical (unpaired) electrons. The lowest BCUT2D eigenvalue weighted by atomic mass is 10.1. The van der Waals surface area contributed by atoms with Gasteiger partial charge in [-0.05, 0) is 39.3 Å². The Balaban J connectivity index is 1.84. The molecule has 0 aliphatic carbocycles. The lowest BCUT2D eigenvalue weighted by molar-refractivity contribution is 0.0285. The SMILES string of the molecule is CC(C)(C)OC(=O)N1CCC(COc2ccccc2C#N)C1. The Kier molecular flexibility index (Phi) is 4.92. The maximum Gasteiger partial charge on any atom is 0.410 e. The number of benzene rings is 1. The summed E-state index contributed by atoms with van der Waals surface area (Å²) in [6.45, 7) is 7.39. The minimum absolute atomic E-state index is 0.263. The van der Waals surface area contributed by atoms with Crippen LogP contribution >= 0.6 is 0 Å². The molecule has 0 aromatic heterocycles. The molecule has 1 atom stereocenters. The van der Waals surface area contributed by atoms with Crippen molar-refractivity contribution in [1.29, 1.82) is 5.26 Å². The van der Waals surface area contributed by atoms with Gasteiger partial charge >= 0.3 is 6.09 Å². The first-order chi connectivity index (χ1) is 10.4. The molecular weight excluding hydrogens is 280 g/mol. The number of nitriles is 1. The van der Waals surface area contributed by atoms with E-state index in [1.807, 2.05) is 32.9 Å². The monoisotopic (exact) mass is 302 g/mol. The van der Waals surface area contributed by atoms with Crippen LogP contribution in [0.4, 0.5) is 4.79 Å². The highest BCUT2D eigenvalue weighted by Gasteiger charge is 2.30. The Bertz CT molecular complexity index is 572. The van der Waals surface area contributed by atoms with E-state index in [2.05, 4.69) is 6.07 Å². The summed E-state index contributed by atoms with van der Waals surface area (Å²) in [5.41, 5.74) is 0.0571. The maximum absolute atomic E-state index is 12.0. The topological polar surface area (TPSA) is 62.6 Å². The molecule has 0 spiro atoms. The number of likely N-dealkylation sites (tertiary alicyclic amines) is 1. The van der Waals surface area contributed by atoms with Gasteiger partial charge in [-0.15, -0.1) is 0 Å². The van der Waals surface area contributed by atoms with E-state index in [4.69, 9.17) is 14.7 Å². The normalized spacial score (nSPS) is 17.9. The van der Waals surface area contributed by atoms with Crippen LogP contribution in [-0.2, 0) is 4.74 Å². The Labute approximate surface area is 131 Å². The number of hydrogen-bond donors (Lipinski definition) is 0. The van der Waals surface area contributed by atoms with Gasteiger partial charge in [0.2, 0.25) is 0 Å². The van der Waals surface area contributed by atoms with Crippen molar-refractivity contribution in [2.45, 2.75) is 32.8 Å². The fraction of sp³-hybridized carbons (Fsp3) is 0.529. The predicted octanol–water partition coefficient (Wildman–Crippen LogP) is 3.19. The third kappa shape index (κ3) is 4.39. The molecule has 5 heteroatoms. The summed E-state index contributed by atoms with van der Waals surface area (Å²) in [6.07, 6.45) is 0.612. The van der Waals surface area contributed by atoms with Crippen molar-refractivity contribution in [3.05, 3.63) is 29.8 Å². The van der Waals surface area contributed by atoms with Gasteiger partial charge in [-0.1, -0.05) is 12.1 Å². The fourth-order valence-corrected chi connectivity index (χ4v) is 2.35. The van der Waals surface area contributed by atoms with Gasteiger partial charge in [0.05, 0.1) is 12.2 Å². The van der Waals surface area contributed by atoms with Crippen molar-refractivity contribution in [3.8, 4) is 11.8 Å². The first kappa shape index (κ1) is 16.2. The van der Waals surface area contributed by atoms with E-state index in [0.29, 0.717) is 31.0 Å². The second-order valence-electron chi connectivity index (χ2n) is 6.50. The molecule has 0 N–H and O–H groups in total. The summed E-state index contributed by atoms with van der Waals surface area (Å²) in [6, 6.07) is 9.29. The number of para-hydroxylation sites is 1. The van der Waals surface area contributed by atoms with Crippen LogP contribution in [0.5, 0.6) is 5.75 Å². The van der Waals surface area contributed by atoms with E-state index in [1.54, 1.807) is 17.0 Å². The molecule has 0 saturated carbocycles. The van der Waals surface area contributed by atoms with Crippen LogP contribution in [0, 0.1) is 17.2 Å². The average Bonchev–Trinajstić information content (AvgIpc) is 2.92. The molecule has 1 heterocycles. The van der Waals surface area contributed by atoms with E-state index in [1.165, 1.54) is 0 Å². The van der Waals surface area contributed by atoms with Gasteiger partial charge < -0.3 is 14.4 Å². The largest absolute Gasteiger partial charge is 0.492 e. The Morgan fingerprint density at radius 1 is 1.41 bits per heavy atom. The van der Waals surface area contributed by atoms with Crippen LogP contribution < -0.4 is 4.74 Å². The molecule has 1 aromatic carbocycles. The minimum atomic E-state index is -0.475. The Hall–Kier alpha value is -2.22. The van der Waals surface area contributed by atoms with Crippen LogP contribution in [0.15, 0.2) is 24.3 Å². The summed E-state index contributed by atoms with van der Waals surface area (Å²) < 4.78 is 11.1. The summed E-state index contributed by atoms with van der Waals surface area (Å²) in [5.74, 6) is 0.861. The number of carbonyl (C=O) groups is 1. The average molecular weight is 302 g/mol. The molecule has 2 rings (SSSR count). The van der Waals surface area contributed by atoms with Crippen molar-refractivity contribution in [1.82, 2.24) is 4.90 Å². The zero-order valence-electron chi connectivity index (χ0n) is 13.3. The van der Waals surface area contributed by atoms with E-state index in [9.17, 15) is 4.79 Å². The summed E-state index contributed by atoms with van der Waals surface area (Å²) in [4.78, 5) is 13.7. The van der Waals surface area contributed by atoms with E-state index in [0.717, 1.165) is 6.42 Å². The number of nitrogens with zero attached hydrogens (tertiary/aromatic N) is 2. The minimum Gasteiger partial charge on any atom is -0.492 e. The quantitative estimate of drug-likeness (QED) is 0.860. The van der Waals surface area contributed by atoms with Gasteiger partial charge in [-0.3, -0.25) is 0 Å². The van der Waals surface area contributed by atoms with Crippen LogP contribution in [-0.4, -0.2) is 36.3 Å². The molecule has 5 nitrogen and oxygen atoms in total. The zero-order chi connectivity index (χ0) is 16.2. The summed E-state index contributed by atoms with van der Waals surface area (Å²) in [7, 11) is 0. The first-order valence-electron chi connectivity index (χ1n) is 7.49. The van der Waals surface area contributed by atoms with Gasteiger partial charge in [-0.2, -0.15) is 5.26 Å². The summed E-state index contributed by atoms with van der Waals surface area (Å²) >= 11 is 0. The standard InChI is InChI=1S/C17H22N2O3/c1-17(2,3)22-16(20)19-9-8-13(11-19)12-21-15-7-5-4-6-14(15)10-18/h4-7,13H,8-9,11-12H2,1-3H3. The molecule has 22 heavy (non-hydrogen) atoms. The maximum atomic E-state index is 12.0. The van der Waals surface area contributed by atoms with Crippen LogP contribution in [0.3, 0.4) is 0 Å². The molecule has 1 aliphatic rings. The van der Waals surface area contributed by atoms with Gasteiger partial charge in [0, 0.05) is 19.0 Å². The second kappa shape index (κ2) is 6.69. The third-order valence-electron chi connectivity index (χ3n) is 3.42. The van der Waals surface area contributed by atoms with Crippen molar-refractivity contribution in [2.24, 2.45) is 5.92 Å². The highest BCUT2D eigenvalue weighted by atomic mass is 16.6. The van der Waals surface area contributed by atoms with E-state index < -0.39 is 5.60 Å². The van der Waals surface area contributed by atoms with Crippen LogP contribution in [0.1, 0.15) is 32.8 Å². The highest BCUT2D eigenvalue weighted by Crippen LogP contribution is 2.22. The molecule has 118 valence electrons.